The normalized spacial score (nSPS) is 11.2. The summed E-state index contributed by atoms with van der Waals surface area (Å²) in [6, 6.07) is 23.6. The minimum atomic E-state index is 0.659. The van der Waals surface area contributed by atoms with E-state index in [1.54, 1.807) is 0 Å². The highest BCUT2D eigenvalue weighted by atomic mass is 15.0. The van der Waals surface area contributed by atoms with Gasteiger partial charge >= 0.3 is 0 Å². The van der Waals surface area contributed by atoms with Crippen molar-refractivity contribution in [3.63, 3.8) is 0 Å². The topological polar surface area (TPSA) is 55.9 Å². The van der Waals surface area contributed by atoms with Crippen LogP contribution in [0.4, 0.5) is 0 Å². The number of hydrogen-bond donors (Lipinski definition) is 2. The second-order valence-electron chi connectivity index (χ2n) is 6.82. The van der Waals surface area contributed by atoms with Crippen molar-refractivity contribution >= 4 is 11.0 Å². The van der Waals surface area contributed by atoms with Gasteiger partial charge in [-0.2, -0.15) is 0 Å². The number of imidazole rings is 1. The summed E-state index contributed by atoms with van der Waals surface area (Å²) in [5.41, 5.74) is 13.7. The summed E-state index contributed by atoms with van der Waals surface area (Å²) in [6.45, 7) is 4.45. The maximum absolute atomic E-state index is 5.52. The largest absolute Gasteiger partial charge is 0.329 e. The lowest BCUT2D eigenvalue weighted by molar-refractivity contribution is 0.695. The quantitative estimate of drug-likeness (QED) is 0.513. The summed E-state index contributed by atoms with van der Waals surface area (Å²) >= 11 is 0. The monoisotopic (exact) mass is 356 g/mol. The molecule has 4 heteroatoms. The molecule has 1 heterocycles. The van der Waals surface area contributed by atoms with E-state index in [1.165, 1.54) is 22.3 Å². The van der Waals surface area contributed by atoms with Crippen molar-refractivity contribution in [2.24, 2.45) is 5.73 Å². The molecule has 0 atom stereocenters. The lowest BCUT2D eigenvalue weighted by Gasteiger charge is -2.08. The molecular weight excluding hydrogens is 332 g/mol. The van der Waals surface area contributed by atoms with Gasteiger partial charge in [-0.25, -0.2) is 4.98 Å². The molecule has 3 N–H and O–H groups in total. The molecule has 136 valence electrons. The van der Waals surface area contributed by atoms with E-state index in [4.69, 9.17) is 5.73 Å². The first-order valence-electron chi connectivity index (χ1n) is 9.29. The first-order valence-corrected chi connectivity index (χ1v) is 9.29. The van der Waals surface area contributed by atoms with Gasteiger partial charge < -0.3 is 11.1 Å². The van der Waals surface area contributed by atoms with Crippen molar-refractivity contribution < 1.29 is 0 Å². The number of aryl methyl sites for hydroxylation is 1. The fourth-order valence-corrected chi connectivity index (χ4v) is 3.32. The van der Waals surface area contributed by atoms with Gasteiger partial charge in [-0.1, -0.05) is 42.5 Å². The highest BCUT2D eigenvalue weighted by molar-refractivity contribution is 5.83. The van der Waals surface area contributed by atoms with Gasteiger partial charge in [0.1, 0.15) is 6.33 Å². The number of nitrogens with one attached hydrogen (secondary N) is 1. The molecule has 0 fully saturated rings. The van der Waals surface area contributed by atoms with Crippen molar-refractivity contribution in [3.8, 4) is 16.8 Å². The van der Waals surface area contributed by atoms with Crippen molar-refractivity contribution in [2.75, 3.05) is 13.1 Å². The van der Waals surface area contributed by atoms with Gasteiger partial charge in [0.15, 0.2) is 0 Å². The smallest absolute Gasteiger partial charge is 0.100 e. The van der Waals surface area contributed by atoms with Gasteiger partial charge in [0.25, 0.3) is 0 Å². The third kappa shape index (κ3) is 3.77. The Balaban J connectivity index is 1.66. The van der Waals surface area contributed by atoms with E-state index in [0.29, 0.717) is 6.54 Å². The van der Waals surface area contributed by atoms with Crippen molar-refractivity contribution in [1.82, 2.24) is 14.9 Å². The molecule has 0 aliphatic carbocycles. The first kappa shape index (κ1) is 17.5. The number of aromatic nitrogens is 2. The van der Waals surface area contributed by atoms with Crippen LogP contribution in [0.25, 0.3) is 27.8 Å². The highest BCUT2D eigenvalue weighted by Gasteiger charge is 2.07. The van der Waals surface area contributed by atoms with Crippen LogP contribution in [0.2, 0.25) is 0 Å². The predicted octanol–water partition coefficient (Wildman–Crippen LogP) is 4.05. The molecule has 1 aromatic heterocycles. The van der Waals surface area contributed by atoms with Crippen LogP contribution in [0.5, 0.6) is 0 Å². The Morgan fingerprint density at radius 3 is 2.56 bits per heavy atom. The Kier molecular flexibility index (Phi) is 5.01. The average molecular weight is 356 g/mol. The Bertz CT molecular complexity index is 1050. The lowest BCUT2D eigenvalue weighted by atomic mass is 10.0. The van der Waals surface area contributed by atoms with E-state index >= 15 is 0 Å². The molecular formula is C23H24N4. The van der Waals surface area contributed by atoms with E-state index in [-0.39, 0.29) is 0 Å². The molecule has 0 saturated heterocycles. The molecule has 27 heavy (non-hydrogen) atoms. The van der Waals surface area contributed by atoms with E-state index < -0.39 is 0 Å². The van der Waals surface area contributed by atoms with Gasteiger partial charge in [-0.05, 0) is 53.4 Å². The fraction of sp³-hybridized carbons (Fsp3) is 0.174. The highest BCUT2D eigenvalue weighted by Crippen LogP contribution is 2.26. The summed E-state index contributed by atoms with van der Waals surface area (Å²) in [5, 5.41) is 3.32. The SMILES string of the molecule is Cc1cccc(-n2cnc3ccc(-c4ccc(CNCCN)cc4)cc32)c1. The number of nitrogens with zero attached hydrogens (tertiary/aromatic N) is 2. The maximum atomic E-state index is 5.52. The molecule has 4 rings (SSSR count). The van der Waals surface area contributed by atoms with Gasteiger partial charge in [0.05, 0.1) is 11.0 Å². The standard InChI is InChI=1S/C23H24N4/c1-17-3-2-4-21(13-17)27-16-26-22-10-9-20(14-23(22)27)19-7-5-18(6-8-19)15-25-12-11-24/h2-10,13-14,16,25H,11-12,15,24H2,1H3. The minimum absolute atomic E-state index is 0.659. The van der Waals surface area contributed by atoms with Crippen molar-refractivity contribution in [3.05, 3.63) is 84.2 Å². The van der Waals surface area contributed by atoms with E-state index in [9.17, 15) is 0 Å². The molecule has 0 spiro atoms. The molecule has 0 radical (unpaired) electrons. The molecule has 4 aromatic rings. The van der Waals surface area contributed by atoms with Crippen LogP contribution in [0, 0.1) is 6.92 Å². The number of benzene rings is 3. The first-order chi connectivity index (χ1) is 13.2. The molecule has 0 unspecified atom stereocenters. The predicted molar refractivity (Wildman–Crippen MR) is 112 cm³/mol. The van der Waals surface area contributed by atoms with Crippen LogP contribution in [0.15, 0.2) is 73.1 Å². The summed E-state index contributed by atoms with van der Waals surface area (Å²) in [6.07, 6.45) is 1.90. The minimum Gasteiger partial charge on any atom is -0.329 e. The fourth-order valence-electron chi connectivity index (χ4n) is 3.32. The van der Waals surface area contributed by atoms with Crippen LogP contribution in [0.3, 0.4) is 0 Å². The van der Waals surface area contributed by atoms with Gasteiger partial charge in [-0.3, -0.25) is 4.57 Å². The van der Waals surface area contributed by atoms with Gasteiger partial charge in [-0.15, -0.1) is 0 Å². The summed E-state index contributed by atoms with van der Waals surface area (Å²) < 4.78 is 2.15. The average Bonchev–Trinajstić information content (AvgIpc) is 3.12. The number of rotatable bonds is 6. The molecule has 3 aromatic carbocycles. The molecule has 0 aliphatic heterocycles. The molecule has 0 saturated carbocycles. The van der Waals surface area contributed by atoms with Crippen LogP contribution in [0.1, 0.15) is 11.1 Å². The Labute approximate surface area is 159 Å². The Morgan fingerprint density at radius 2 is 1.78 bits per heavy atom. The van der Waals surface area contributed by atoms with E-state index in [0.717, 1.165) is 29.8 Å². The van der Waals surface area contributed by atoms with Crippen LogP contribution in [-0.4, -0.2) is 22.6 Å². The Hall–Kier alpha value is -2.95. The summed E-state index contributed by atoms with van der Waals surface area (Å²) in [5.74, 6) is 0. The van der Waals surface area contributed by atoms with E-state index in [2.05, 4.69) is 88.5 Å². The van der Waals surface area contributed by atoms with Crippen molar-refractivity contribution in [2.45, 2.75) is 13.5 Å². The van der Waals surface area contributed by atoms with Gasteiger partial charge in [0, 0.05) is 25.3 Å². The number of fused-ring (bicyclic) bond motifs is 1. The number of nitrogens with two attached hydrogens (primary N) is 1. The molecule has 0 bridgehead atoms. The zero-order valence-corrected chi connectivity index (χ0v) is 15.5. The maximum Gasteiger partial charge on any atom is 0.100 e. The van der Waals surface area contributed by atoms with Crippen LogP contribution in [-0.2, 0) is 6.54 Å². The molecule has 0 aliphatic rings. The second kappa shape index (κ2) is 7.74. The summed E-state index contributed by atoms with van der Waals surface area (Å²) in [7, 11) is 0. The van der Waals surface area contributed by atoms with Gasteiger partial charge in [0.2, 0.25) is 0 Å². The third-order valence-electron chi connectivity index (χ3n) is 4.76. The molecule has 0 amide bonds. The molecule has 4 nitrogen and oxygen atoms in total. The lowest BCUT2D eigenvalue weighted by Crippen LogP contribution is -2.21. The zero-order chi connectivity index (χ0) is 18.6. The second-order valence-corrected chi connectivity index (χ2v) is 6.82. The van der Waals surface area contributed by atoms with E-state index in [1.807, 2.05) is 6.33 Å². The van der Waals surface area contributed by atoms with Crippen LogP contribution < -0.4 is 11.1 Å². The zero-order valence-electron chi connectivity index (χ0n) is 15.5. The van der Waals surface area contributed by atoms with Crippen molar-refractivity contribution in [1.29, 1.82) is 0 Å². The number of hydrogen-bond acceptors (Lipinski definition) is 3. The Morgan fingerprint density at radius 1 is 0.963 bits per heavy atom. The van der Waals surface area contributed by atoms with Crippen LogP contribution >= 0.6 is 0 Å². The third-order valence-corrected chi connectivity index (χ3v) is 4.76. The summed E-state index contributed by atoms with van der Waals surface area (Å²) in [4.78, 5) is 4.56.